The number of nitrogens with one attached hydrogen (secondary N) is 2. The molecule has 8 heteroatoms. The third kappa shape index (κ3) is 5.24. The minimum Gasteiger partial charge on any atom is -0.323 e. The molecule has 0 bridgehead atoms. The molecule has 0 aliphatic rings. The average Bonchev–Trinajstić information content (AvgIpc) is 2.37. The second-order valence-corrected chi connectivity index (χ2v) is 8.07. The normalized spacial score (nSPS) is 13.7. The first-order valence-corrected chi connectivity index (χ1v) is 8.69. The maximum absolute atomic E-state index is 13.9. The molecular formula is C15H22F2N2O3S. The molecule has 1 amide bonds. The van der Waals surface area contributed by atoms with E-state index in [1.54, 1.807) is 34.6 Å². The molecule has 1 aromatic carbocycles. The van der Waals surface area contributed by atoms with Gasteiger partial charge in [-0.2, -0.15) is 0 Å². The van der Waals surface area contributed by atoms with Crippen LogP contribution in [0, 0.1) is 17.6 Å². The highest BCUT2D eigenvalue weighted by atomic mass is 32.2. The smallest absolute Gasteiger partial charge is 0.244 e. The summed E-state index contributed by atoms with van der Waals surface area (Å²) in [5.74, 6) is -3.10. The summed E-state index contributed by atoms with van der Waals surface area (Å²) in [7, 11) is -4.19. The summed E-state index contributed by atoms with van der Waals surface area (Å²) in [4.78, 5) is 11.1. The molecular weight excluding hydrogens is 326 g/mol. The van der Waals surface area contributed by atoms with Gasteiger partial charge in [0.1, 0.15) is 16.5 Å². The summed E-state index contributed by atoms with van der Waals surface area (Å²) < 4.78 is 54.4. The standard InChI is InChI=1S/C15H22F2N2O3S/c1-6-9(2)14(20)18-12-8-13(11(17)7-10(12)16)23(21,22)19-15(3,4)5/h7-9,19H,6H2,1-5H3,(H,18,20). The van der Waals surface area contributed by atoms with Crippen molar-refractivity contribution in [1.29, 1.82) is 0 Å². The Morgan fingerprint density at radius 3 is 2.26 bits per heavy atom. The minimum atomic E-state index is -4.19. The van der Waals surface area contributed by atoms with E-state index in [4.69, 9.17) is 0 Å². The van der Waals surface area contributed by atoms with Crippen LogP contribution in [-0.2, 0) is 14.8 Å². The zero-order valence-electron chi connectivity index (χ0n) is 13.8. The number of amides is 1. The number of halogens is 2. The summed E-state index contributed by atoms with van der Waals surface area (Å²) in [6.07, 6.45) is 0.533. The van der Waals surface area contributed by atoms with Crippen molar-refractivity contribution >= 4 is 21.6 Å². The van der Waals surface area contributed by atoms with Crippen molar-refractivity contribution in [2.24, 2.45) is 5.92 Å². The fraction of sp³-hybridized carbons (Fsp3) is 0.533. The summed E-state index contributed by atoms with van der Waals surface area (Å²) in [6.45, 7) is 8.22. The Morgan fingerprint density at radius 1 is 1.22 bits per heavy atom. The van der Waals surface area contributed by atoms with Crippen LogP contribution in [0.1, 0.15) is 41.0 Å². The van der Waals surface area contributed by atoms with Crippen molar-refractivity contribution in [3.8, 4) is 0 Å². The first-order chi connectivity index (χ1) is 10.4. The van der Waals surface area contributed by atoms with Crippen LogP contribution in [0.5, 0.6) is 0 Å². The molecule has 0 aliphatic carbocycles. The number of hydrogen-bond acceptors (Lipinski definition) is 3. The number of rotatable bonds is 5. The topological polar surface area (TPSA) is 75.3 Å². The van der Waals surface area contributed by atoms with Gasteiger partial charge in [0.15, 0.2) is 0 Å². The number of carbonyl (C=O) groups is 1. The third-order valence-corrected chi connectivity index (χ3v) is 4.84. The molecule has 0 aromatic heterocycles. The molecule has 0 aliphatic heterocycles. The van der Waals surface area contributed by atoms with Gasteiger partial charge in [-0.1, -0.05) is 13.8 Å². The Labute approximate surface area is 135 Å². The monoisotopic (exact) mass is 348 g/mol. The van der Waals surface area contributed by atoms with Crippen LogP contribution in [-0.4, -0.2) is 19.9 Å². The highest BCUT2D eigenvalue weighted by Gasteiger charge is 2.27. The van der Waals surface area contributed by atoms with E-state index in [0.717, 1.165) is 6.07 Å². The number of benzene rings is 1. The fourth-order valence-corrected chi connectivity index (χ4v) is 3.24. The quantitative estimate of drug-likeness (QED) is 0.859. The summed E-state index contributed by atoms with van der Waals surface area (Å²) >= 11 is 0. The Morgan fingerprint density at radius 2 is 1.78 bits per heavy atom. The van der Waals surface area contributed by atoms with Crippen molar-refractivity contribution in [3.63, 3.8) is 0 Å². The van der Waals surface area contributed by atoms with Gasteiger partial charge >= 0.3 is 0 Å². The molecule has 0 saturated heterocycles. The SMILES string of the molecule is CCC(C)C(=O)Nc1cc(S(=O)(=O)NC(C)(C)C)c(F)cc1F. The number of carbonyl (C=O) groups excluding carboxylic acids is 1. The molecule has 0 fully saturated rings. The zero-order valence-corrected chi connectivity index (χ0v) is 14.6. The molecule has 1 rings (SSSR count). The second kappa shape index (κ2) is 6.92. The Kier molecular flexibility index (Phi) is 5.87. The molecule has 2 N–H and O–H groups in total. The number of hydrogen-bond donors (Lipinski definition) is 2. The van der Waals surface area contributed by atoms with Crippen molar-refractivity contribution in [1.82, 2.24) is 4.72 Å². The van der Waals surface area contributed by atoms with Gasteiger partial charge in [0, 0.05) is 17.5 Å². The van der Waals surface area contributed by atoms with Crippen molar-refractivity contribution < 1.29 is 22.0 Å². The van der Waals surface area contributed by atoms with Crippen LogP contribution in [0.3, 0.4) is 0 Å². The minimum absolute atomic E-state index is 0.369. The Balaban J connectivity index is 3.27. The molecule has 0 radical (unpaired) electrons. The van der Waals surface area contributed by atoms with E-state index in [1.807, 2.05) is 0 Å². The molecule has 0 saturated carbocycles. The van der Waals surface area contributed by atoms with E-state index in [0.29, 0.717) is 12.5 Å². The summed E-state index contributed by atoms with van der Waals surface area (Å²) in [5.41, 5.74) is -1.20. The Hall–Kier alpha value is -1.54. The summed E-state index contributed by atoms with van der Waals surface area (Å²) in [6, 6.07) is 1.24. The van der Waals surface area contributed by atoms with Gasteiger partial charge in [-0.15, -0.1) is 0 Å². The van der Waals surface area contributed by atoms with Gasteiger partial charge in [-0.25, -0.2) is 21.9 Å². The van der Waals surface area contributed by atoms with E-state index >= 15 is 0 Å². The lowest BCUT2D eigenvalue weighted by Gasteiger charge is -2.21. The van der Waals surface area contributed by atoms with E-state index in [2.05, 4.69) is 10.0 Å². The maximum atomic E-state index is 13.9. The Bertz CT molecular complexity index is 697. The molecule has 1 aromatic rings. The first-order valence-electron chi connectivity index (χ1n) is 7.21. The van der Waals surface area contributed by atoms with Crippen molar-refractivity contribution in [3.05, 3.63) is 23.8 Å². The largest absolute Gasteiger partial charge is 0.323 e. The van der Waals surface area contributed by atoms with Gasteiger partial charge in [-0.05, 0) is 33.3 Å². The van der Waals surface area contributed by atoms with Crippen molar-refractivity contribution in [2.45, 2.75) is 51.5 Å². The third-order valence-electron chi connectivity index (χ3n) is 3.07. The van der Waals surface area contributed by atoms with Gasteiger partial charge in [0.2, 0.25) is 15.9 Å². The van der Waals surface area contributed by atoms with Crippen molar-refractivity contribution in [2.75, 3.05) is 5.32 Å². The lowest BCUT2D eigenvalue weighted by Crippen LogP contribution is -2.40. The lowest BCUT2D eigenvalue weighted by molar-refractivity contribution is -0.119. The first kappa shape index (κ1) is 19.5. The van der Waals surface area contributed by atoms with E-state index in [9.17, 15) is 22.0 Å². The molecule has 0 heterocycles. The molecule has 130 valence electrons. The highest BCUT2D eigenvalue weighted by Crippen LogP contribution is 2.24. The van der Waals surface area contributed by atoms with Crippen LogP contribution in [0.15, 0.2) is 17.0 Å². The number of sulfonamides is 1. The number of anilines is 1. The van der Waals surface area contributed by atoms with Crippen LogP contribution in [0.2, 0.25) is 0 Å². The fourth-order valence-electron chi connectivity index (χ4n) is 1.73. The van der Waals surface area contributed by atoms with Crippen LogP contribution >= 0.6 is 0 Å². The van der Waals surface area contributed by atoms with Crippen LogP contribution < -0.4 is 10.0 Å². The zero-order chi connectivity index (χ0) is 18.0. The van der Waals surface area contributed by atoms with Crippen LogP contribution in [0.4, 0.5) is 14.5 Å². The molecule has 0 spiro atoms. The van der Waals surface area contributed by atoms with E-state index in [-0.39, 0.29) is 11.6 Å². The maximum Gasteiger partial charge on any atom is 0.244 e. The molecule has 23 heavy (non-hydrogen) atoms. The van der Waals surface area contributed by atoms with Crippen LogP contribution in [0.25, 0.3) is 0 Å². The second-order valence-electron chi connectivity index (χ2n) is 6.42. The summed E-state index contributed by atoms with van der Waals surface area (Å²) in [5, 5.41) is 2.29. The van der Waals surface area contributed by atoms with Gasteiger partial charge < -0.3 is 5.32 Å². The van der Waals surface area contributed by atoms with E-state index < -0.39 is 38.0 Å². The van der Waals surface area contributed by atoms with Gasteiger partial charge in [-0.3, -0.25) is 4.79 Å². The highest BCUT2D eigenvalue weighted by molar-refractivity contribution is 7.89. The molecule has 1 atom stereocenters. The average molecular weight is 348 g/mol. The lowest BCUT2D eigenvalue weighted by atomic mass is 10.1. The predicted octanol–water partition coefficient (Wildman–Crippen LogP) is 3.03. The van der Waals surface area contributed by atoms with E-state index in [1.165, 1.54) is 0 Å². The van der Waals surface area contributed by atoms with Gasteiger partial charge in [0.25, 0.3) is 0 Å². The molecule has 1 unspecified atom stereocenters. The van der Waals surface area contributed by atoms with Gasteiger partial charge in [0.05, 0.1) is 5.69 Å². The predicted molar refractivity (Wildman–Crippen MR) is 84.5 cm³/mol. The molecule has 5 nitrogen and oxygen atoms in total.